The minimum Gasteiger partial charge on any atom is -0.486 e. The molecule has 7 nitrogen and oxygen atoms in total. The molecule has 0 radical (unpaired) electrons. The van der Waals surface area contributed by atoms with E-state index in [0.717, 1.165) is 12.8 Å². The van der Waals surface area contributed by atoms with Gasteiger partial charge in [0.2, 0.25) is 5.91 Å². The molecule has 2 aliphatic rings. The Labute approximate surface area is 141 Å². The number of nitrogens with zero attached hydrogens (tertiary/aromatic N) is 1. The molecule has 3 N–H and O–H groups in total. The molecule has 0 aromatic heterocycles. The van der Waals surface area contributed by atoms with E-state index >= 15 is 0 Å². The standard InChI is InChI=1S/C17H24N2O5/c20-8-5-18-15(17(22)19-6-1-2-7-19)16(21)12-3-4-13-14(11-12)24-10-9-23-13/h3-4,11,15-16,18,20-21H,1-2,5-10H2/t15-,16+/m0/s1. The Hall–Kier alpha value is -1.83. The summed E-state index contributed by atoms with van der Waals surface area (Å²) in [5, 5.41) is 22.8. The van der Waals surface area contributed by atoms with Crippen molar-refractivity contribution < 1.29 is 24.5 Å². The molecule has 2 heterocycles. The predicted octanol–water partition coefficient (Wildman–Crippen LogP) is 0.0641. The summed E-state index contributed by atoms with van der Waals surface area (Å²) in [6, 6.07) is 4.40. The highest BCUT2D eigenvalue weighted by atomic mass is 16.6. The van der Waals surface area contributed by atoms with E-state index in [0.29, 0.717) is 43.4 Å². The molecule has 132 valence electrons. The zero-order chi connectivity index (χ0) is 16.9. The van der Waals surface area contributed by atoms with Crippen molar-refractivity contribution in [2.24, 2.45) is 0 Å². The lowest BCUT2D eigenvalue weighted by Crippen LogP contribution is -2.49. The van der Waals surface area contributed by atoms with Gasteiger partial charge in [-0.3, -0.25) is 4.79 Å². The molecule has 0 saturated carbocycles. The van der Waals surface area contributed by atoms with Gasteiger partial charge < -0.3 is 29.9 Å². The lowest BCUT2D eigenvalue weighted by atomic mass is 10.00. The van der Waals surface area contributed by atoms with Gasteiger partial charge in [-0.05, 0) is 30.5 Å². The number of benzene rings is 1. The number of carbonyl (C=O) groups excluding carboxylic acids is 1. The van der Waals surface area contributed by atoms with Crippen LogP contribution in [-0.4, -0.2) is 66.5 Å². The average molecular weight is 336 g/mol. The summed E-state index contributed by atoms with van der Waals surface area (Å²) in [7, 11) is 0. The maximum absolute atomic E-state index is 12.7. The molecular formula is C17H24N2O5. The highest BCUT2D eigenvalue weighted by molar-refractivity contribution is 5.83. The van der Waals surface area contributed by atoms with Crippen molar-refractivity contribution in [3.05, 3.63) is 23.8 Å². The molecule has 0 unspecified atom stereocenters. The Kier molecular flexibility index (Phi) is 5.55. The SMILES string of the molecule is O=C([C@@H](NCCO)[C@H](O)c1ccc2c(c1)OCCO2)N1CCCC1. The number of aliphatic hydroxyl groups excluding tert-OH is 2. The molecule has 0 spiro atoms. The van der Waals surface area contributed by atoms with Crippen LogP contribution in [0.5, 0.6) is 11.5 Å². The minimum atomic E-state index is -1.03. The van der Waals surface area contributed by atoms with Gasteiger partial charge in [0.15, 0.2) is 11.5 Å². The van der Waals surface area contributed by atoms with E-state index in [1.807, 2.05) is 0 Å². The normalized spacial score (nSPS) is 19.2. The quantitative estimate of drug-likeness (QED) is 0.681. The highest BCUT2D eigenvalue weighted by Crippen LogP contribution is 2.33. The number of rotatable bonds is 6. The van der Waals surface area contributed by atoms with Crippen LogP contribution in [0.3, 0.4) is 0 Å². The molecule has 1 aromatic rings. The van der Waals surface area contributed by atoms with Gasteiger partial charge >= 0.3 is 0 Å². The van der Waals surface area contributed by atoms with Crippen LogP contribution in [0.25, 0.3) is 0 Å². The molecule has 1 fully saturated rings. The van der Waals surface area contributed by atoms with Crippen LogP contribution in [-0.2, 0) is 4.79 Å². The van der Waals surface area contributed by atoms with Crippen molar-refractivity contribution in [3.63, 3.8) is 0 Å². The number of hydrogen-bond donors (Lipinski definition) is 3. The molecule has 1 saturated heterocycles. The fourth-order valence-electron chi connectivity index (χ4n) is 3.12. The largest absolute Gasteiger partial charge is 0.486 e. The maximum Gasteiger partial charge on any atom is 0.242 e. The van der Waals surface area contributed by atoms with E-state index < -0.39 is 12.1 Å². The van der Waals surface area contributed by atoms with Gasteiger partial charge in [-0.25, -0.2) is 0 Å². The van der Waals surface area contributed by atoms with Crippen molar-refractivity contribution in [1.82, 2.24) is 10.2 Å². The lowest BCUT2D eigenvalue weighted by molar-refractivity contribution is -0.135. The van der Waals surface area contributed by atoms with E-state index in [1.165, 1.54) is 0 Å². The summed E-state index contributed by atoms with van der Waals surface area (Å²) < 4.78 is 11.0. The highest BCUT2D eigenvalue weighted by Gasteiger charge is 2.33. The number of carbonyl (C=O) groups is 1. The van der Waals surface area contributed by atoms with Crippen molar-refractivity contribution >= 4 is 5.91 Å². The van der Waals surface area contributed by atoms with Crippen molar-refractivity contribution in [3.8, 4) is 11.5 Å². The number of nitrogens with one attached hydrogen (secondary N) is 1. The van der Waals surface area contributed by atoms with E-state index in [9.17, 15) is 9.90 Å². The average Bonchev–Trinajstić information content (AvgIpc) is 3.16. The Bertz CT molecular complexity index is 574. The van der Waals surface area contributed by atoms with Crippen LogP contribution in [0, 0.1) is 0 Å². The number of fused-ring (bicyclic) bond motifs is 1. The van der Waals surface area contributed by atoms with Crippen molar-refractivity contribution in [2.75, 3.05) is 39.5 Å². The van der Waals surface area contributed by atoms with Gasteiger partial charge in [0.05, 0.1) is 6.61 Å². The Morgan fingerprint density at radius 3 is 2.62 bits per heavy atom. The van der Waals surface area contributed by atoms with Crippen LogP contribution < -0.4 is 14.8 Å². The number of ether oxygens (including phenoxy) is 2. The van der Waals surface area contributed by atoms with Gasteiger partial charge in [0, 0.05) is 19.6 Å². The fourth-order valence-corrected chi connectivity index (χ4v) is 3.12. The summed E-state index contributed by atoms with van der Waals surface area (Å²) in [6.07, 6.45) is 0.942. The molecule has 1 aromatic carbocycles. The molecule has 7 heteroatoms. The minimum absolute atomic E-state index is 0.0996. The van der Waals surface area contributed by atoms with Gasteiger partial charge in [-0.15, -0.1) is 0 Å². The third-order valence-corrected chi connectivity index (χ3v) is 4.38. The van der Waals surface area contributed by atoms with Crippen LogP contribution in [0.2, 0.25) is 0 Å². The number of aliphatic hydroxyl groups is 2. The smallest absolute Gasteiger partial charge is 0.242 e. The van der Waals surface area contributed by atoms with Crippen LogP contribution in [0.4, 0.5) is 0 Å². The molecule has 24 heavy (non-hydrogen) atoms. The van der Waals surface area contributed by atoms with Crippen molar-refractivity contribution in [2.45, 2.75) is 25.0 Å². The lowest BCUT2D eigenvalue weighted by Gasteiger charge is -2.28. The molecular weight excluding hydrogens is 312 g/mol. The Morgan fingerprint density at radius 1 is 1.21 bits per heavy atom. The van der Waals surface area contributed by atoms with Gasteiger partial charge in [0.25, 0.3) is 0 Å². The summed E-state index contributed by atoms with van der Waals surface area (Å²) in [4.78, 5) is 14.5. The first-order chi connectivity index (χ1) is 11.7. The first-order valence-corrected chi connectivity index (χ1v) is 8.41. The van der Waals surface area contributed by atoms with Gasteiger partial charge in [-0.1, -0.05) is 6.07 Å². The summed E-state index contributed by atoms with van der Waals surface area (Å²) in [6.45, 7) is 2.53. The second-order valence-electron chi connectivity index (χ2n) is 6.04. The molecule has 0 bridgehead atoms. The van der Waals surface area contributed by atoms with E-state index in [2.05, 4.69) is 5.32 Å². The summed E-state index contributed by atoms with van der Waals surface area (Å²) in [5.41, 5.74) is 0.585. The van der Waals surface area contributed by atoms with E-state index in [1.54, 1.807) is 23.1 Å². The first kappa shape index (κ1) is 17.0. The summed E-state index contributed by atoms with van der Waals surface area (Å²) in [5.74, 6) is 1.08. The fraction of sp³-hybridized carbons (Fsp3) is 0.588. The first-order valence-electron chi connectivity index (χ1n) is 8.41. The van der Waals surface area contributed by atoms with Crippen molar-refractivity contribution in [1.29, 1.82) is 0 Å². The van der Waals surface area contributed by atoms with E-state index in [-0.39, 0.29) is 19.1 Å². The summed E-state index contributed by atoms with van der Waals surface area (Å²) >= 11 is 0. The number of likely N-dealkylation sites (tertiary alicyclic amines) is 1. The van der Waals surface area contributed by atoms with Crippen LogP contribution in [0.15, 0.2) is 18.2 Å². The van der Waals surface area contributed by atoms with Gasteiger partial charge in [0.1, 0.15) is 25.4 Å². The Morgan fingerprint density at radius 2 is 1.92 bits per heavy atom. The second-order valence-corrected chi connectivity index (χ2v) is 6.04. The van der Waals surface area contributed by atoms with Gasteiger partial charge in [-0.2, -0.15) is 0 Å². The second kappa shape index (κ2) is 7.83. The molecule has 3 rings (SSSR count). The zero-order valence-corrected chi connectivity index (χ0v) is 13.6. The predicted molar refractivity (Wildman–Crippen MR) is 87.1 cm³/mol. The topological polar surface area (TPSA) is 91.3 Å². The molecule has 2 aliphatic heterocycles. The van der Waals surface area contributed by atoms with E-state index in [4.69, 9.17) is 14.6 Å². The number of amides is 1. The third-order valence-electron chi connectivity index (χ3n) is 4.38. The van der Waals surface area contributed by atoms with Crippen LogP contribution >= 0.6 is 0 Å². The zero-order valence-electron chi connectivity index (χ0n) is 13.6. The number of hydrogen-bond acceptors (Lipinski definition) is 6. The van der Waals surface area contributed by atoms with Crippen LogP contribution in [0.1, 0.15) is 24.5 Å². The Balaban J connectivity index is 1.79. The maximum atomic E-state index is 12.7. The third kappa shape index (κ3) is 3.63. The molecule has 0 aliphatic carbocycles. The molecule has 2 atom stereocenters. The monoisotopic (exact) mass is 336 g/mol. The molecule has 1 amide bonds.